The average Bonchev–Trinajstić information content (AvgIpc) is 2.40. The SMILES string of the molecule is Cc1ccnc(NCCN2CCSCC2)c1C#N. The molecule has 0 amide bonds. The summed E-state index contributed by atoms with van der Waals surface area (Å²) in [6.07, 6.45) is 1.75. The summed E-state index contributed by atoms with van der Waals surface area (Å²) in [6.45, 7) is 6.13. The zero-order chi connectivity index (χ0) is 12.8. The Balaban J connectivity index is 1.86. The first-order valence-electron chi connectivity index (χ1n) is 6.21. The maximum Gasteiger partial charge on any atom is 0.144 e. The van der Waals surface area contributed by atoms with Crippen LogP contribution in [-0.2, 0) is 0 Å². The van der Waals surface area contributed by atoms with E-state index in [1.165, 1.54) is 24.6 Å². The second-order valence-corrected chi connectivity index (χ2v) is 5.57. The molecule has 1 aliphatic rings. The molecule has 18 heavy (non-hydrogen) atoms. The van der Waals surface area contributed by atoms with Gasteiger partial charge >= 0.3 is 0 Å². The molecule has 2 heterocycles. The van der Waals surface area contributed by atoms with Crippen LogP contribution in [0.25, 0.3) is 0 Å². The van der Waals surface area contributed by atoms with E-state index in [4.69, 9.17) is 5.26 Å². The van der Waals surface area contributed by atoms with Crippen LogP contribution < -0.4 is 5.32 Å². The van der Waals surface area contributed by atoms with Crippen LogP contribution in [-0.4, -0.2) is 47.6 Å². The van der Waals surface area contributed by atoms with E-state index in [1.807, 2.05) is 24.8 Å². The first-order chi connectivity index (χ1) is 8.81. The zero-order valence-corrected chi connectivity index (χ0v) is 11.5. The molecular weight excluding hydrogens is 244 g/mol. The minimum Gasteiger partial charge on any atom is -0.368 e. The molecule has 96 valence electrons. The van der Waals surface area contributed by atoms with E-state index < -0.39 is 0 Å². The predicted octanol–water partition coefficient (Wildman–Crippen LogP) is 1.72. The molecule has 1 N–H and O–H groups in total. The van der Waals surface area contributed by atoms with Crippen molar-refractivity contribution in [1.82, 2.24) is 9.88 Å². The minimum absolute atomic E-state index is 0.659. The molecule has 1 saturated heterocycles. The number of hydrogen-bond acceptors (Lipinski definition) is 5. The summed E-state index contributed by atoms with van der Waals surface area (Å²) in [6, 6.07) is 4.08. The molecule has 0 radical (unpaired) electrons. The number of aromatic nitrogens is 1. The lowest BCUT2D eigenvalue weighted by atomic mass is 10.1. The fourth-order valence-corrected chi connectivity index (χ4v) is 2.97. The number of hydrogen-bond donors (Lipinski definition) is 1. The molecule has 0 aliphatic carbocycles. The second kappa shape index (κ2) is 6.62. The van der Waals surface area contributed by atoms with Gasteiger partial charge in [-0.05, 0) is 18.6 Å². The van der Waals surface area contributed by atoms with Crippen LogP contribution in [0.5, 0.6) is 0 Å². The first kappa shape index (κ1) is 13.2. The number of nitriles is 1. The molecule has 1 aliphatic heterocycles. The van der Waals surface area contributed by atoms with Crippen molar-refractivity contribution in [1.29, 1.82) is 5.26 Å². The zero-order valence-electron chi connectivity index (χ0n) is 10.6. The molecule has 0 atom stereocenters. The number of nitrogens with one attached hydrogen (secondary N) is 1. The maximum atomic E-state index is 9.10. The van der Waals surface area contributed by atoms with Gasteiger partial charge in [0, 0.05) is 43.9 Å². The molecule has 1 fully saturated rings. The van der Waals surface area contributed by atoms with Gasteiger partial charge in [0.25, 0.3) is 0 Å². The van der Waals surface area contributed by atoms with E-state index in [2.05, 4.69) is 21.3 Å². The van der Waals surface area contributed by atoms with Gasteiger partial charge < -0.3 is 5.32 Å². The highest BCUT2D eigenvalue weighted by Gasteiger charge is 2.10. The number of aryl methyl sites for hydroxylation is 1. The number of nitrogens with zero attached hydrogens (tertiary/aromatic N) is 3. The Kier molecular flexibility index (Phi) is 4.85. The molecule has 0 unspecified atom stereocenters. The average molecular weight is 262 g/mol. The van der Waals surface area contributed by atoms with Crippen molar-refractivity contribution in [3.63, 3.8) is 0 Å². The summed E-state index contributed by atoms with van der Waals surface area (Å²) in [4.78, 5) is 6.69. The Bertz CT molecular complexity index is 435. The molecule has 0 saturated carbocycles. The summed E-state index contributed by atoms with van der Waals surface area (Å²) < 4.78 is 0. The highest BCUT2D eigenvalue weighted by molar-refractivity contribution is 7.99. The van der Waals surface area contributed by atoms with Gasteiger partial charge in [-0.2, -0.15) is 17.0 Å². The van der Waals surface area contributed by atoms with E-state index in [0.29, 0.717) is 11.4 Å². The van der Waals surface area contributed by atoms with Crippen molar-refractivity contribution in [3.05, 3.63) is 23.4 Å². The Labute approximate surface area is 112 Å². The molecule has 0 spiro atoms. The number of pyridine rings is 1. The highest BCUT2D eigenvalue weighted by atomic mass is 32.2. The van der Waals surface area contributed by atoms with Crippen molar-refractivity contribution in [3.8, 4) is 6.07 Å². The molecular formula is C13H18N4S. The molecule has 0 aromatic carbocycles. The van der Waals surface area contributed by atoms with E-state index in [1.54, 1.807) is 6.20 Å². The van der Waals surface area contributed by atoms with Crippen LogP contribution in [0.2, 0.25) is 0 Å². The molecule has 0 bridgehead atoms. The van der Waals surface area contributed by atoms with Crippen molar-refractivity contribution < 1.29 is 0 Å². The quantitative estimate of drug-likeness (QED) is 0.895. The third kappa shape index (κ3) is 3.37. The van der Waals surface area contributed by atoms with Crippen LogP contribution in [0.3, 0.4) is 0 Å². The summed E-state index contributed by atoms with van der Waals surface area (Å²) in [5, 5.41) is 12.4. The predicted molar refractivity (Wildman–Crippen MR) is 75.9 cm³/mol. The Morgan fingerprint density at radius 2 is 2.28 bits per heavy atom. The van der Waals surface area contributed by atoms with E-state index in [9.17, 15) is 0 Å². The van der Waals surface area contributed by atoms with Gasteiger partial charge in [-0.1, -0.05) is 0 Å². The van der Waals surface area contributed by atoms with Crippen LogP contribution in [0.15, 0.2) is 12.3 Å². The number of thioether (sulfide) groups is 1. The lowest BCUT2D eigenvalue weighted by molar-refractivity contribution is 0.314. The Hall–Kier alpha value is -1.25. The maximum absolute atomic E-state index is 9.10. The summed E-state index contributed by atoms with van der Waals surface area (Å²) in [5.41, 5.74) is 1.64. The van der Waals surface area contributed by atoms with Crippen molar-refractivity contribution in [2.75, 3.05) is 43.0 Å². The summed E-state index contributed by atoms with van der Waals surface area (Å²) in [5.74, 6) is 3.17. The molecule has 1 aromatic rings. The van der Waals surface area contributed by atoms with Crippen LogP contribution in [0.1, 0.15) is 11.1 Å². The van der Waals surface area contributed by atoms with Crippen molar-refractivity contribution >= 4 is 17.6 Å². The Morgan fingerprint density at radius 1 is 1.50 bits per heavy atom. The largest absolute Gasteiger partial charge is 0.368 e. The van der Waals surface area contributed by atoms with Crippen molar-refractivity contribution in [2.45, 2.75) is 6.92 Å². The molecule has 4 nitrogen and oxygen atoms in total. The normalized spacial score (nSPS) is 16.2. The van der Waals surface area contributed by atoms with Gasteiger partial charge in [0.2, 0.25) is 0 Å². The highest BCUT2D eigenvalue weighted by Crippen LogP contribution is 2.15. The molecule has 2 rings (SSSR count). The topological polar surface area (TPSA) is 52.0 Å². The first-order valence-corrected chi connectivity index (χ1v) is 7.36. The summed E-state index contributed by atoms with van der Waals surface area (Å²) >= 11 is 2.02. The lowest BCUT2D eigenvalue weighted by Gasteiger charge is -2.26. The molecule has 1 aromatic heterocycles. The summed E-state index contributed by atoms with van der Waals surface area (Å²) in [7, 11) is 0. The third-order valence-corrected chi connectivity index (χ3v) is 4.04. The fourth-order valence-electron chi connectivity index (χ4n) is 1.99. The lowest BCUT2D eigenvalue weighted by Crippen LogP contribution is -2.36. The van der Waals surface area contributed by atoms with Crippen LogP contribution >= 0.6 is 11.8 Å². The van der Waals surface area contributed by atoms with Gasteiger partial charge in [-0.3, -0.25) is 4.90 Å². The van der Waals surface area contributed by atoms with E-state index in [-0.39, 0.29) is 0 Å². The minimum atomic E-state index is 0.659. The number of rotatable bonds is 4. The van der Waals surface area contributed by atoms with E-state index in [0.717, 1.165) is 18.7 Å². The van der Waals surface area contributed by atoms with Gasteiger partial charge in [0.1, 0.15) is 11.9 Å². The third-order valence-electron chi connectivity index (χ3n) is 3.10. The van der Waals surface area contributed by atoms with Gasteiger partial charge in [0.15, 0.2) is 0 Å². The van der Waals surface area contributed by atoms with E-state index >= 15 is 0 Å². The smallest absolute Gasteiger partial charge is 0.144 e. The van der Waals surface area contributed by atoms with Crippen LogP contribution in [0.4, 0.5) is 5.82 Å². The van der Waals surface area contributed by atoms with Gasteiger partial charge in [-0.25, -0.2) is 4.98 Å². The second-order valence-electron chi connectivity index (χ2n) is 4.34. The van der Waals surface area contributed by atoms with Gasteiger partial charge in [-0.15, -0.1) is 0 Å². The standard InChI is InChI=1S/C13H18N4S/c1-11-2-3-15-13(12(11)10-14)16-4-5-17-6-8-18-9-7-17/h2-3H,4-9H2,1H3,(H,15,16). The van der Waals surface area contributed by atoms with Crippen LogP contribution in [0, 0.1) is 18.3 Å². The Morgan fingerprint density at radius 3 is 3.00 bits per heavy atom. The monoisotopic (exact) mass is 262 g/mol. The molecule has 5 heteroatoms. The fraction of sp³-hybridized carbons (Fsp3) is 0.538. The van der Waals surface area contributed by atoms with Gasteiger partial charge in [0.05, 0.1) is 5.56 Å². The van der Waals surface area contributed by atoms with Crippen molar-refractivity contribution in [2.24, 2.45) is 0 Å². The number of anilines is 1.